The lowest BCUT2D eigenvalue weighted by atomic mass is 9.86. The van der Waals surface area contributed by atoms with E-state index in [0.717, 1.165) is 39.5 Å². The number of benzene rings is 2. The van der Waals surface area contributed by atoms with Gasteiger partial charge >= 0.3 is 5.97 Å². The highest BCUT2D eigenvalue weighted by Gasteiger charge is 2.21. The number of aromatic carboxylic acids is 1. The Morgan fingerprint density at radius 1 is 1.12 bits per heavy atom. The molecule has 1 aliphatic rings. The number of carboxylic acid groups (broad SMARTS) is 1. The van der Waals surface area contributed by atoms with Crippen LogP contribution in [0.4, 0.5) is 0 Å². The van der Waals surface area contributed by atoms with Gasteiger partial charge in [-0.2, -0.15) is 0 Å². The summed E-state index contributed by atoms with van der Waals surface area (Å²) in [5, 5.41) is 9.79. The van der Waals surface area contributed by atoms with Crippen LogP contribution in [0.15, 0.2) is 54.7 Å². The molecule has 0 amide bonds. The largest absolute Gasteiger partial charge is 0.478 e. The van der Waals surface area contributed by atoms with E-state index in [1.165, 1.54) is 50.1 Å². The number of rotatable bonds is 9. The average molecular weight is 450 g/mol. The fourth-order valence-corrected chi connectivity index (χ4v) is 5.43. The van der Waals surface area contributed by atoms with E-state index in [2.05, 4.69) is 4.37 Å². The molecule has 1 saturated carbocycles. The number of nitrogens with zero attached hydrogens (tertiary/aromatic N) is 1. The summed E-state index contributed by atoms with van der Waals surface area (Å²) in [6, 6.07) is 15.5. The van der Waals surface area contributed by atoms with Crippen molar-refractivity contribution in [1.29, 1.82) is 0 Å². The minimum Gasteiger partial charge on any atom is -0.478 e. The molecule has 32 heavy (non-hydrogen) atoms. The van der Waals surface area contributed by atoms with Gasteiger partial charge in [0.25, 0.3) is 0 Å². The van der Waals surface area contributed by atoms with Gasteiger partial charge in [0.1, 0.15) is 6.10 Å². The summed E-state index contributed by atoms with van der Waals surface area (Å²) in [4.78, 5) is 13.0. The van der Waals surface area contributed by atoms with Crippen LogP contribution >= 0.6 is 11.5 Å². The number of ether oxygens (including phenoxy) is 1. The molecular formula is C27H31NO3S. The quantitative estimate of drug-likeness (QED) is 0.349. The zero-order chi connectivity index (χ0) is 22.3. The average Bonchev–Trinajstić information content (AvgIpc) is 3.34. The molecule has 1 aliphatic carbocycles. The van der Waals surface area contributed by atoms with Crippen molar-refractivity contribution in [2.45, 2.75) is 58.0 Å². The van der Waals surface area contributed by atoms with Gasteiger partial charge in [0.2, 0.25) is 0 Å². The monoisotopic (exact) mass is 449 g/mol. The normalized spacial score (nSPS) is 15.5. The molecule has 1 atom stereocenters. The van der Waals surface area contributed by atoms with E-state index in [1.807, 2.05) is 49.4 Å². The van der Waals surface area contributed by atoms with Crippen LogP contribution in [0, 0.1) is 12.8 Å². The minimum absolute atomic E-state index is 0.237. The first kappa shape index (κ1) is 22.7. The van der Waals surface area contributed by atoms with E-state index in [-0.39, 0.29) is 6.10 Å². The van der Waals surface area contributed by atoms with Crippen LogP contribution in [0.1, 0.15) is 77.4 Å². The number of carboxylic acids is 1. The van der Waals surface area contributed by atoms with Crippen molar-refractivity contribution in [3.05, 3.63) is 76.3 Å². The molecule has 0 aliphatic heterocycles. The van der Waals surface area contributed by atoms with E-state index in [1.54, 1.807) is 12.3 Å². The second-order valence-corrected chi connectivity index (χ2v) is 9.60. The SMILES string of the molecule is Cc1ccccc1-c1cc(C(OCCCC2CCCCC2)c2ccns2)ccc1C(=O)O. The van der Waals surface area contributed by atoms with Crippen LogP contribution in [0.5, 0.6) is 0 Å². The number of carbonyl (C=O) groups is 1. The van der Waals surface area contributed by atoms with Crippen LogP contribution in [-0.4, -0.2) is 22.1 Å². The van der Waals surface area contributed by atoms with Gasteiger partial charge in [-0.15, -0.1) is 0 Å². The molecule has 4 nitrogen and oxygen atoms in total. The molecule has 3 aromatic rings. The first-order valence-corrected chi connectivity index (χ1v) is 12.4. The first-order valence-electron chi connectivity index (χ1n) is 11.6. The highest BCUT2D eigenvalue weighted by molar-refractivity contribution is 7.05. The summed E-state index contributed by atoms with van der Waals surface area (Å²) in [6.07, 6.45) is 10.7. The maximum atomic E-state index is 11.9. The Kier molecular flexibility index (Phi) is 7.72. The number of aromatic nitrogens is 1. The fraction of sp³-hybridized carbons (Fsp3) is 0.407. The molecule has 5 heteroatoms. The standard InChI is InChI=1S/C27H31NO3S/c1-19-8-5-6-12-22(19)24-18-21(13-14-23(24)27(29)30)26(25-15-16-28-32-25)31-17-7-11-20-9-3-2-4-10-20/h5-6,8,12-16,18,20,26H,2-4,7,9-11,17H2,1H3,(H,29,30). The smallest absolute Gasteiger partial charge is 0.336 e. The van der Waals surface area contributed by atoms with Crippen molar-refractivity contribution in [2.75, 3.05) is 6.61 Å². The van der Waals surface area contributed by atoms with Crippen molar-refractivity contribution in [3.63, 3.8) is 0 Å². The Balaban J connectivity index is 1.57. The van der Waals surface area contributed by atoms with Gasteiger partial charge in [-0.25, -0.2) is 9.17 Å². The predicted molar refractivity (Wildman–Crippen MR) is 129 cm³/mol. The molecule has 1 N–H and O–H groups in total. The van der Waals surface area contributed by atoms with Gasteiger partial charge in [0.15, 0.2) is 0 Å². The second kappa shape index (κ2) is 10.9. The number of aryl methyl sites for hydroxylation is 1. The predicted octanol–water partition coefficient (Wildman–Crippen LogP) is 7.28. The topological polar surface area (TPSA) is 59.4 Å². The lowest BCUT2D eigenvalue weighted by Gasteiger charge is -2.22. The van der Waals surface area contributed by atoms with Crippen LogP contribution in [0.2, 0.25) is 0 Å². The van der Waals surface area contributed by atoms with E-state index in [4.69, 9.17) is 4.74 Å². The highest BCUT2D eigenvalue weighted by Crippen LogP contribution is 2.35. The van der Waals surface area contributed by atoms with Gasteiger partial charge in [0.05, 0.1) is 10.4 Å². The third kappa shape index (κ3) is 5.45. The lowest BCUT2D eigenvalue weighted by Crippen LogP contribution is -2.11. The molecule has 1 aromatic heterocycles. The Hall–Kier alpha value is -2.50. The highest BCUT2D eigenvalue weighted by atomic mass is 32.1. The van der Waals surface area contributed by atoms with Gasteiger partial charge in [-0.05, 0) is 77.7 Å². The number of hydrogen-bond acceptors (Lipinski definition) is 4. The second-order valence-electron chi connectivity index (χ2n) is 8.74. The Labute approximate surface area is 194 Å². The summed E-state index contributed by atoms with van der Waals surface area (Å²) in [5.74, 6) is -0.0748. The van der Waals surface area contributed by atoms with E-state index >= 15 is 0 Å². The third-order valence-electron chi connectivity index (χ3n) is 6.49. The molecule has 0 saturated heterocycles. The maximum absolute atomic E-state index is 11.9. The van der Waals surface area contributed by atoms with Gasteiger partial charge in [-0.3, -0.25) is 0 Å². The summed E-state index contributed by atoms with van der Waals surface area (Å²) >= 11 is 1.44. The number of hydrogen-bond donors (Lipinski definition) is 1. The van der Waals surface area contributed by atoms with Gasteiger partial charge < -0.3 is 9.84 Å². The summed E-state index contributed by atoms with van der Waals surface area (Å²) in [5.41, 5.74) is 3.99. The van der Waals surface area contributed by atoms with Crippen LogP contribution in [-0.2, 0) is 4.74 Å². The summed E-state index contributed by atoms with van der Waals surface area (Å²) < 4.78 is 10.7. The molecule has 2 aromatic carbocycles. The summed E-state index contributed by atoms with van der Waals surface area (Å²) in [7, 11) is 0. The third-order valence-corrected chi connectivity index (χ3v) is 7.28. The molecule has 1 fully saturated rings. The zero-order valence-corrected chi connectivity index (χ0v) is 19.4. The fourth-order valence-electron chi connectivity index (χ4n) is 4.76. The Morgan fingerprint density at radius 2 is 1.94 bits per heavy atom. The van der Waals surface area contributed by atoms with Crippen molar-refractivity contribution in [3.8, 4) is 11.1 Å². The summed E-state index contributed by atoms with van der Waals surface area (Å²) in [6.45, 7) is 2.70. The van der Waals surface area contributed by atoms with E-state index in [9.17, 15) is 9.90 Å². The van der Waals surface area contributed by atoms with E-state index < -0.39 is 5.97 Å². The molecule has 4 rings (SSSR count). The molecular weight excluding hydrogens is 418 g/mol. The van der Waals surface area contributed by atoms with Crippen molar-refractivity contribution in [2.24, 2.45) is 5.92 Å². The minimum atomic E-state index is -0.919. The van der Waals surface area contributed by atoms with Crippen LogP contribution < -0.4 is 0 Å². The zero-order valence-electron chi connectivity index (χ0n) is 18.6. The lowest BCUT2D eigenvalue weighted by molar-refractivity contribution is 0.0695. The van der Waals surface area contributed by atoms with Gasteiger partial charge in [0, 0.05) is 12.8 Å². The molecule has 0 radical (unpaired) electrons. The molecule has 168 valence electrons. The molecule has 0 bridgehead atoms. The van der Waals surface area contributed by atoms with Crippen LogP contribution in [0.3, 0.4) is 0 Å². The van der Waals surface area contributed by atoms with Crippen molar-refractivity contribution >= 4 is 17.5 Å². The maximum Gasteiger partial charge on any atom is 0.336 e. The van der Waals surface area contributed by atoms with E-state index in [0.29, 0.717) is 12.2 Å². The Morgan fingerprint density at radius 3 is 2.66 bits per heavy atom. The molecule has 0 spiro atoms. The molecule has 1 heterocycles. The molecule has 1 unspecified atom stereocenters. The first-order chi connectivity index (χ1) is 15.6. The van der Waals surface area contributed by atoms with Crippen molar-refractivity contribution < 1.29 is 14.6 Å². The van der Waals surface area contributed by atoms with Crippen LogP contribution in [0.25, 0.3) is 11.1 Å². The Bertz CT molecular complexity index is 1030. The van der Waals surface area contributed by atoms with Crippen molar-refractivity contribution in [1.82, 2.24) is 4.37 Å². The van der Waals surface area contributed by atoms with Gasteiger partial charge in [-0.1, -0.05) is 62.4 Å².